The van der Waals surface area contributed by atoms with Gasteiger partial charge >= 0.3 is 0 Å². The van der Waals surface area contributed by atoms with Crippen LogP contribution in [0.5, 0.6) is 11.5 Å². The van der Waals surface area contributed by atoms with E-state index in [9.17, 15) is 9.18 Å². The number of hydrogen-bond acceptors (Lipinski definition) is 5. The lowest BCUT2D eigenvalue weighted by atomic mass is 10.2. The normalized spacial score (nSPS) is 10.7. The fourth-order valence-electron chi connectivity index (χ4n) is 2.67. The Morgan fingerprint density at radius 1 is 1.07 bits per heavy atom. The van der Waals surface area contributed by atoms with E-state index in [-0.39, 0.29) is 18.3 Å². The van der Waals surface area contributed by atoms with Crippen LogP contribution >= 0.6 is 0 Å². The lowest BCUT2D eigenvalue weighted by Gasteiger charge is -2.13. The number of halogens is 1. The van der Waals surface area contributed by atoms with Crippen LogP contribution in [0.4, 0.5) is 10.1 Å². The van der Waals surface area contributed by atoms with Crippen LogP contribution in [-0.2, 0) is 6.61 Å². The fourth-order valence-corrected chi connectivity index (χ4v) is 2.67. The molecule has 30 heavy (non-hydrogen) atoms. The molecule has 0 bridgehead atoms. The van der Waals surface area contributed by atoms with Gasteiger partial charge in [0.15, 0.2) is 11.5 Å². The van der Waals surface area contributed by atoms with E-state index in [0.717, 1.165) is 0 Å². The largest absolute Gasteiger partial charge is 0.490 e. The van der Waals surface area contributed by atoms with Gasteiger partial charge in [-0.1, -0.05) is 24.3 Å². The predicted molar refractivity (Wildman–Crippen MR) is 114 cm³/mol. The monoisotopic (exact) mass is 407 g/mol. The minimum atomic E-state index is -0.367. The Labute approximate surface area is 174 Å². The van der Waals surface area contributed by atoms with Crippen LogP contribution in [0.15, 0.2) is 71.8 Å². The molecule has 0 heterocycles. The molecular weight excluding hydrogens is 385 g/mol. The highest BCUT2D eigenvalue weighted by atomic mass is 19.1. The SMILES string of the molecule is CCOc1cc(/C=N\NC(=O)c2cccc(N)c2)ccc1OCc1ccccc1F. The van der Waals surface area contributed by atoms with Gasteiger partial charge in [0.1, 0.15) is 12.4 Å². The Morgan fingerprint density at radius 3 is 2.67 bits per heavy atom. The summed E-state index contributed by atoms with van der Waals surface area (Å²) in [4.78, 5) is 12.1. The number of nitrogens with two attached hydrogens (primary N) is 1. The third-order valence-electron chi connectivity index (χ3n) is 4.14. The molecule has 0 aliphatic heterocycles. The minimum absolute atomic E-state index is 0.0798. The number of nitrogen functional groups attached to an aromatic ring is 1. The van der Waals surface area contributed by atoms with Gasteiger partial charge in [-0.15, -0.1) is 0 Å². The number of ether oxygens (including phenoxy) is 2. The summed E-state index contributed by atoms with van der Waals surface area (Å²) >= 11 is 0. The summed E-state index contributed by atoms with van der Waals surface area (Å²) in [6.45, 7) is 2.37. The van der Waals surface area contributed by atoms with Crippen molar-refractivity contribution in [3.05, 3.63) is 89.2 Å². The zero-order chi connectivity index (χ0) is 21.3. The minimum Gasteiger partial charge on any atom is -0.490 e. The lowest BCUT2D eigenvalue weighted by Crippen LogP contribution is -2.17. The molecule has 0 aliphatic carbocycles. The number of anilines is 1. The van der Waals surface area contributed by atoms with Crippen molar-refractivity contribution in [2.45, 2.75) is 13.5 Å². The molecular formula is C23H22FN3O3. The Morgan fingerprint density at radius 2 is 1.90 bits per heavy atom. The molecule has 0 saturated heterocycles. The first-order valence-corrected chi connectivity index (χ1v) is 9.39. The van der Waals surface area contributed by atoms with Gasteiger partial charge in [0, 0.05) is 16.8 Å². The molecule has 0 radical (unpaired) electrons. The van der Waals surface area contributed by atoms with E-state index in [0.29, 0.717) is 40.5 Å². The molecule has 3 N–H and O–H groups in total. The highest BCUT2D eigenvalue weighted by Crippen LogP contribution is 2.29. The van der Waals surface area contributed by atoms with Crippen LogP contribution in [0.3, 0.4) is 0 Å². The third-order valence-corrected chi connectivity index (χ3v) is 4.14. The van der Waals surface area contributed by atoms with E-state index in [4.69, 9.17) is 15.2 Å². The van der Waals surface area contributed by atoms with Crippen molar-refractivity contribution >= 4 is 17.8 Å². The number of carbonyl (C=O) groups excluding carboxylic acids is 1. The van der Waals surface area contributed by atoms with Gasteiger partial charge in [0.25, 0.3) is 5.91 Å². The lowest BCUT2D eigenvalue weighted by molar-refractivity contribution is 0.0955. The summed E-state index contributed by atoms with van der Waals surface area (Å²) in [6.07, 6.45) is 1.49. The van der Waals surface area contributed by atoms with Gasteiger partial charge in [-0.3, -0.25) is 4.79 Å². The second kappa shape index (κ2) is 10.1. The fraction of sp³-hybridized carbons (Fsp3) is 0.130. The Kier molecular flexibility index (Phi) is 7.00. The van der Waals surface area contributed by atoms with E-state index in [1.54, 1.807) is 60.7 Å². The molecule has 0 saturated carbocycles. The molecule has 3 aromatic carbocycles. The van der Waals surface area contributed by atoms with Crippen LogP contribution in [0.1, 0.15) is 28.4 Å². The predicted octanol–water partition coefficient (Wildman–Crippen LogP) is 4.15. The Bertz CT molecular complexity index is 1050. The number of benzene rings is 3. The molecule has 7 heteroatoms. The van der Waals surface area contributed by atoms with Crippen molar-refractivity contribution in [3.63, 3.8) is 0 Å². The van der Waals surface area contributed by atoms with Gasteiger partial charge in [-0.25, -0.2) is 9.82 Å². The molecule has 3 aromatic rings. The maximum absolute atomic E-state index is 13.8. The van der Waals surface area contributed by atoms with E-state index in [2.05, 4.69) is 10.5 Å². The third kappa shape index (κ3) is 5.57. The first-order chi connectivity index (χ1) is 14.6. The zero-order valence-corrected chi connectivity index (χ0v) is 16.5. The molecule has 0 spiro atoms. The van der Waals surface area contributed by atoms with Crippen LogP contribution < -0.4 is 20.6 Å². The summed E-state index contributed by atoms with van der Waals surface area (Å²) in [7, 11) is 0. The molecule has 1 amide bonds. The van der Waals surface area contributed by atoms with Crippen LogP contribution in [0.25, 0.3) is 0 Å². The topological polar surface area (TPSA) is 85.9 Å². The van der Waals surface area contributed by atoms with Crippen molar-refractivity contribution in [1.29, 1.82) is 0 Å². The standard InChI is InChI=1S/C23H22FN3O3/c1-2-29-22-12-16(14-26-27-23(28)17-7-5-8-19(25)13-17)10-11-21(22)30-15-18-6-3-4-9-20(18)24/h3-14H,2,15,25H2,1H3,(H,27,28)/b26-14-. The van der Waals surface area contributed by atoms with Gasteiger partial charge in [-0.05, 0) is 55.0 Å². The van der Waals surface area contributed by atoms with Crippen molar-refractivity contribution in [3.8, 4) is 11.5 Å². The summed E-state index contributed by atoms with van der Waals surface area (Å²) in [6, 6.07) is 18.3. The smallest absolute Gasteiger partial charge is 0.271 e. The molecule has 6 nitrogen and oxygen atoms in total. The molecule has 0 unspecified atom stereocenters. The summed E-state index contributed by atoms with van der Waals surface area (Å²) in [5, 5.41) is 3.97. The zero-order valence-electron chi connectivity index (χ0n) is 16.5. The second-order valence-corrected chi connectivity index (χ2v) is 6.34. The number of hydrogen-bond donors (Lipinski definition) is 2. The number of nitrogens with zero attached hydrogens (tertiary/aromatic N) is 1. The summed E-state index contributed by atoms with van der Waals surface area (Å²) in [5.74, 6) is 0.296. The first kappa shape index (κ1) is 20.9. The highest BCUT2D eigenvalue weighted by Gasteiger charge is 2.09. The van der Waals surface area contributed by atoms with Gasteiger partial charge < -0.3 is 15.2 Å². The van der Waals surface area contributed by atoms with Crippen LogP contribution in [-0.4, -0.2) is 18.7 Å². The molecule has 3 rings (SSSR count). The Balaban J connectivity index is 1.67. The molecule has 0 atom stereocenters. The molecule has 154 valence electrons. The second-order valence-electron chi connectivity index (χ2n) is 6.34. The average Bonchev–Trinajstić information content (AvgIpc) is 2.74. The molecule has 0 aliphatic rings. The number of nitrogens with one attached hydrogen (secondary N) is 1. The quantitative estimate of drug-likeness (QED) is 0.334. The number of hydrazone groups is 1. The van der Waals surface area contributed by atoms with Crippen LogP contribution in [0.2, 0.25) is 0 Å². The van der Waals surface area contributed by atoms with E-state index in [1.807, 2.05) is 6.92 Å². The van der Waals surface area contributed by atoms with E-state index < -0.39 is 0 Å². The van der Waals surface area contributed by atoms with Crippen molar-refractivity contribution in [2.75, 3.05) is 12.3 Å². The van der Waals surface area contributed by atoms with E-state index in [1.165, 1.54) is 12.3 Å². The molecule has 0 fully saturated rings. The van der Waals surface area contributed by atoms with Crippen molar-refractivity contribution in [2.24, 2.45) is 5.10 Å². The van der Waals surface area contributed by atoms with E-state index >= 15 is 0 Å². The van der Waals surface area contributed by atoms with Crippen molar-refractivity contribution < 1.29 is 18.7 Å². The maximum Gasteiger partial charge on any atom is 0.271 e. The number of carbonyl (C=O) groups is 1. The summed E-state index contributed by atoms with van der Waals surface area (Å²) < 4.78 is 25.1. The summed E-state index contributed by atoms with van der Waals surface area (Å²) in [5.41, 5.74) is 10.2. The first-order valence-electron chi connectivity index (χ1n) is 9.39. The highest BCUT2D eigenvalue weighted by molar-refractivity contribution is 5.95. The number of amides is 1. The Hall–Kier alpha value is -3.87. The van der Waals surface area contributed by atoms with Gasteiger partial charge in [0.05, 0.1) is 12.8 Å². The number of rotatable bonds is 8. The van der Waals surface area contributed by atoms with Crippen LogP contribution in [0, 0.1) is 5.82 Å². The molecule has 0 aromatic heterocycles. The van der Waals surface area contributed by atoms with Gasteiger partial charge in [0.2, 0.25) is 0 Å². The van der Waals surface area contributed by atoms with Gasteiger partial charge in [-0.2, -0.15) is 5.10 Å². The van der Waals surface area contributed by atoms with Crippen molar-refractivity contribution in [1.82, 2.24) is 5.43 Å². The maximum atomic E-state index is 13.8. The average molecular weight is 407 g/mol.